The normalized spacial score (nSPS) is 27.5. The number of rotatable bonds is 9. The fourth-order valence-electron chi connectivity index (χ4n) is 3.93. The Kier molecular flexibility index (Phi) is 9.40. The number of piperidine rings is 1. The Morgan fingerprint density at radius 3 is 2.86 bits per heavy atom. The molecule has 0 spiro atoms. The Hall–Kier alpha value is -2.13. The lowest BCUT2D eigenvalue weighted by Gasteiger charge is -2.44. The van der Waals surface area contributed by atoms with E-state index in [9.17, 15) is 9.59 Å². The molecule has 1 aliphatic carbocycles. The van der Waals surface area contributed by atoms with Crippen LogP contribution in [0.3, 0.4) is 0 Å². The minimum Gasteiger partial charge on any atom is -0.463 e. The maximum Gasteiger partial charge on any atom is 0.333 e. The number of carbonyl (C=O) groups excluding carboxylic acids is 2. The van der Waals surface area contributed by atoms with Crippen molar-refractivity contribution in [2.24, 2.45) is 5.11 Å². The second kappa shape index (κ2) is 11.8. The monoisotopic (exact) mass is 409 g/mol. The highest BCUT2D eigenvalue weighted by atomic mass is 16.5. The van der Waals surface area contributed by atoms with E-state index in [2.05, 4.69) is 20.2 Å². The van der Waals surface area contributed by atoms with Crippen molar-refractivity contribution in [3.05, 3.63) is 22.1 Å². The van der Waals surface area contributed by atoms with Crippen LogP contribution in [0.25, 0.3) is 10.4 Å². The summed E-state index contributed by atoms with van der Waals surface area (Å²) in [5.41, 5.74) is 9.49. The number of nitrogens with one attached hydrogen (secondary N) is 1. The summed E-state index contributed by atoms with van der Waals surface area (Å²) in [4.78, 5) is 29.3. The summed E-state index contributed by atoms with van der Waals surface area (Å²) in [6.45, 7) is 5.93. The molecule has 2 aliphatic rings. The van der Waals surface area contributed by atoms with Crippen LogP contribution >= 0.6 is 0 Å². The number of hydrogen-bond acceptors (Lipinski definition) is 7. The van der Waals surface area contributed by atoms with Crippen molar-refractivity contribution >= 4 is 11.9 Å². The molecule has 1 N–H and O–H groups in total. The molecular formula is C19H31N5O5. The summed E-state index contributed by atoms with van der Waals surface area (Å²) in [6, 6.07) is -1.30. The van der Waals surface area contributed by atoms with Crippen molar-refractivity contribution in [2.75, 3.05) is 40.0 Å². The van der Waals surface area contributed by atoms with Gasteiger partial charge in [-0.05, 0) is 38.3 Å². The molecule has 0 bridgehead atoms. The van der Waals surface area contributed by atoms with Crippen LogP contribution in [0, 0.1) is 0 Å². The topological polar surface area (TPSA) is 126 Å². The smallest absolute Gasteiger partial charge is 0.333 e. The number of likely N-dealkylation sites (tertiary alicyclic amines) is 1. The number of esters is 1. The molecule has 0 saturated carbocycles. The predicted octanol–water partition coefficient (Wildman–Crippen LogP) is 1.56. The summed E-state index contributed by atoms with van der Waals surface area (Å²) < 4.78 is 16.1. The van der Waals surface area contributed by atoms with E-state index in [4.69, 9.17) is 19.7 Å². The predicted molar refractivity (Wildman–Crippen MR) is 106 cm³/mol. The summed E-state index contributed by atoms with van der Waals surface area (Å²) in [5, 5.41) is 6.80. The van der Waals surface area contributed by atoms with Gasteiger partial charge in [0.15, 0.2) is 0 Å². The number of nitrogens with zero attached hydrogens (tertiary/aromatic N) is 4. The average Bonchev–Trinajstić information content (AvgIpc) is 2.69. The molecule has 1 saturated heterocycles. The molecule has 162 valence electrons. The molecule has 29 heavy (non-hydrogen) atoms. The molecule has 1 fully saturated rings. The number of methoxy groups -OCH3 is 1. The SMILES string of the molecule is CCOC(=O)C1=C[C@@H](N2CCC[C@H](OCCOC)C2)[C@H](NC(C)=O)[C@@H](N=[N+]=[N-])C1. The van der Waals surface area contributed by atoms with Gasteiger partial charge in [0.25, 0.3) is 0 Å². The van der Waals surface area contributed by atoms with Crippen LogP contribution in [0.5, 0.6) is 0 Å². The van der Waals surface area contributed by atoms with E-state index in [1.54, 1.807) is 14.0 Å². The molecule has 10 nitrogen and oxygen atoms in total. The number of carbonyl (C=O) groups is 2. The molecule has 1 heterocycles. The number of azide groups is 1. The van der Waals surface area contributed by atoms with Crippen molar-refractivity contribution in [1.29, 1.82) is 0 Å². The van der Waals surface area contributed by atoms with Crippen molar-refractivity contribution < 1.29 is 23.8 Å². The fraction of sp³-hybridized carbons (Fsp3) is 0.789. The van der Waals surface area contributed by atoms with Crippen molar-refractivity contribution in [2.45, 2.75) is 57.3 Å². The average molecular weight is 409 g/mol. The molecule has 0 aromatic carbocycles. The zero-order chi connectivity index (χ0) is 21.2. The van der Waals surface area contributed by atoms with Crippen molar-refractivity contribution in [1.82, 2.24) is 10.2 Å². The van der Waals surface area contributed by atoms with E-state index >= 15 is 0 Å². The standard InChI is InChI=1S/C19H31N5O5/c1-4-28-19(26)14-10-16(22-23-20)18(21-13(2)25)17(11-14)24-7-5-6-15(12-24)29-9-8-27-3/h11,15-18H,4-10,12H2,1-3H3,(H,21,25)/t15-,16-,17+,18+/m0/s1. The van der Waals surface area contributed by atoms with E-state index in [0.717, 1.165) is 19.4 Å². The van der Waals surface area contributed by atoms with Crippen molar-refractivity contribution in [3.8, 4) is 0 Å². The first-order chi connectivity index (χ1) is 14.0. The van der Waals surface area contributed by atoms with Gasteiger partial charge < -0.3 is 19.5 Å². The summed E-state index contributed by atoms with van der Waals surface area (Å²) >= 11 is 0. The Labute approximate surface area is 171 Å². The highest BCUT2D eigenvalue weighted by molar-refractivity contribution is 5.89. The quantitative estimate of drug-likeness (QED) is 0.202. The molecule has 0 unspecified atom stereocenters. The molecule has 0 aromatic rings. The van der Waals surface area contributed by atoms with Gasteiger partial charge in [-0.1, -0.05) is 11.2 Å². The summed E-state index contributed by atoms with van der Waals surface area (Å²) in [5.74, 6) is -0.627. The van der Waals surface area contributed by atoms with Crippen LogP contribution < -0.4 is 5.32 Å². The maximum absolute atomic E-state index is 12.4. The highest BCUT2D eigenvalue weighted by Crippen LogP contribution is 2.29. The van der Waals surface area contributed by atoms with Crippen LogP contribution in [-0.4, -0.2) is 81.0 Å². The summed E-state index contributed by atoms with van der Waals surface area (Å²) in [7, 11) is 1.63. The van der Waals surface area contributed by atoms with Gasteiger partial charge in [-0.2, -0.15) is 0 Å². The zero-order valence-electron chi connectivity index (χ0n) is 17.4. The van der Waals surface area contributed by atoms with Gasteiger partial charge in [0.1, 0.15) is 0 Å². The Balaban J connectivity index is 2.27. The van der Waals surface area contributed by atoms with Gasteiger partial charge in [-0.25, -0.2) is 4.79 Å². The molecule has 10 heteroatoms. The fourth-order valence-corrected chi connectivity index (χ4v) is 3.93. The lowest BCUT2D eigenvalue weighted by atomic mass is 9.85. The third-order valence-corrected chi connectivity index (χ3v) is 5.16. The number of hydrogen-bond donors (Lipinski definition) is 1. The van der Waals surface area contributed by atoms with E-state index in [0.29, 0.717) is 25.3 Å². The first kappa shape index (κ1) is 23.2. The van der Waals surface area contributed by atoms with Gasteiger partial charge in [0.2, 0.25) is 5.91 Å². The van der Waals surface area contributed by atoms with Crippen LogP contribution in [0.2, 0.25) is 0 Å². The lowest BCUT2D eigenvalue weighted by molar-refractivity contribution is -0.138. The highest BCUT2D eigenvalue weighted by Gasteiger charge is 2.40. The Morgan fingerprint density at radius 2 is 2.21 bits per heavy atom. The van der Waals surface area contributed by atoms with E-state index in [1.807, 2.05) is 6.08 Å². The molecule has 0 radical (unpaired) electrons. The zero-order valence-corrected chi connectivity index (χ0v) is 17.4. The Bertz CT molecular complexity index is 649. The molecule has 1 amide bonds. The van der Waals surface area contributed by atoms with Gasteiger partial charge >= 0.3 is 5.97 Å². The van der Waals surface area contributed by atoms with Gasteiger partial charge in [-0.3, -0.25) is 9.69 Å². The van der Waals surface area contributed by atoms with Crippen LogP contribution in [0.1, 0.15) is 33.1 Å². The number of ether oxygens (including phenoxy) is 3. The van der Waals surface area contributed by atoms with Crippen LogP contribution in [0.4, 0.5) is 0 Å². The van der Waals surface area contributed by atoms with E-state index in [1.165, 1.54) is 6.92 Å². The summed E-state index contributed by atoms with van der Waals surface area (Å²) in [6.07, 6.45) is 3.98. The first-order valence-corrected chi connectivity index (χ1v) is 10.0. The first-order valence-electron chi connectivity index (χ1n) is 10.0. The molecule has 1 aliphatic heterocycles. The van der Waals surface area contributed by atoms with E-state index in [-0.39, 0.29) is 31.1 Å². The molecular weight excluding hydrogens is 378 g/mol. The van der Waals surface area contributed by atoms with Crippen LogP contribution in [0.15, 0.2) is 16.8 Å². The van der Waals surface area contributed by atoms with Crippen LogP contribution in [-0.2, 0) is 23.8 Å². The van der Waals surface area contributed by atoms with E-state index < -0.39 is 18.1 Å². The van der Waals surface area contributed by atoms with Gasteiger partial charge in [-0.15, -0.1) is 0 Å². The van der Waals surface area contributed by atoms with Gasteiger partial charge in [0.05, 0.1) is 38.0 Å². The largest absolute Gasteiger partial charge is 0.463 e. The second-order valence-electron chi connectivity index (χ2n) is 7.23. The van der Waals surface area contributed by atoms with Gasteiger partial charge in [0, 0.05) is 37.1 Å². The Morgan fingerprint density at radius 1 is 1.41 bits per heavy atom. The molecule has 4 atom stereocenters. The lowest BCUT2D eigenvalue weighted by Crippen LogP contribution is -2.60. The molecule has 2 rings (SSSR count). The van der Waals surface area contributed by atoms with Crippen molar-refractivity contribution in [3.63, 3.8) is 0 Å². The number of amides is 1. The maximum atomic E-state index is 12.4. The minimum absolute atomic E-state index is 0.0381. The second-order valence-corrected chi connectivity index (χ2v) is 7.23. The minimum atomic E-state index is -0.576. The third-order valence-electron chi connectivity index (χ3n) is 5.16. The third kappa shape index (κ3) is 6.71. The molecule has 0 aromatic heterocycles.